The molecular weight excluding hydrogens is 494 g/mol. The van der Waals surface area contributed by atoms with Crippen molar-refractivity contribution in [1.82, 2.24) is 0 Å². The van der Waals surface area contributed by atoms with Crippen molar-refractivity contribution in [2.24, 2.45) is 0 Å². The smallest absolute Gasteiger partial charge is 0.255 e. The number of amides is 1. The van der Waals surface area contributed by atoms with Crippen LogP contribution in [0.15, 0.2) is 53.9 Å². The predicted molar refractivity (Wildman–Crippen MR) is 145 cm³/mol. The van der Waals surface area contributed by atoms with Crippen molar-refractivity contribution in [2.45, 2.75) is 19.6 Å². The molecule has 0 fully saturated rings. The number of methoxy groups -OCH3 is 4. The second-order valence-electron chi connectivity index (χ2n) is 8.42. The van der Waals surface area contributed by atoms with E-state index in [-0.39, 0.29) is 11.7 Å². The average Bonchev–Trinajstić information content (AvgIpc) is 2.86. The summed E-state index contributed by atoms with van der Waals surface area (Å²) in [5, 5.41) is 3.94. The lowest BCUT2D eigenvalue weighted by molar-refractivity contribution is 0.102. The van der Waals surface area contributed by atoms with E-state index in [1.807, 2.05) is 19.9 Å². The van der Waals surface area contributed by atoms with Gasteiger partial charge in [-0.2, -0.15) is 0 Å². The zero-order valence-corrected chi connectivity index (χ0v) is 22.6. The van der Waals surface area contributed by atoms with Gasteiger partial charge in [-0.3, -0.25) is 4.79 Å². The van der Waals surface area contributed by atoms with Crippen molar-refractivity contribution in [3.63, 3.8) is 0 Å². The van der Waals surface area contributed by atoms with Crippen molar-refractivity contribution >= 4 is 27.5 Å². The molecule has 0 bridgehead atoms. The second kappa shape index (κ2) is 11.8. The van der Waals surface area contributed by atoms with Crippen molar-refractivity contribution in [2.75, 3.05) is 33.8 Å². The number of sulfone groups is 1. The van der Waals surface area contributed by atoms with Crippen LogP contribution in [0.1, 0.15) is 32.6 Å². The maximum absolute atomic E-state index is 13.0. The molecule has 0 aromatic heterocycles. The van der Waals surface area contributed by atoms with E-state index in [1.54, 1.807) is 42.5 Å². The number of hydrogen-bond donors (Lipinski definition) is 1. The Hall–Kier alpha value is -3.98. The molecule has 1 amide bonds. The van der Waals surface area contributed by atoms with Crippen LogP contribution in [-0.2, 0) is 15.6 Å². The molecule has 37 heavy (non-hydrogen) atoms. The molecule has 0 aliphatic rings. The molecule has 0 saturated heterocycles. The lowest BCUT2D eigenvalue weighted by Gasteiger charge is -2.13. The second-order valence-corrected chi connectivity index (χ2v) is 10.3. The largest absolute Gasteiger partial charge is 0.496 e. The summed E-state index contributed by atoms with van der Waals surface area (Å²) in [4.78, 5) is 12.9. The molecule has 3 rings (SSSR count). The van der Waals surface area contributed by atoms with Crippen LogP contribution in [0.2, 0.25) is 0 Å². The predicted octanol–water partition coefficient (Wildman–Crippen LogP) is 5.18. The first-order valence-electron chi connectivity index (χ1n) is 11.4. The molecule has 3 aromatic rings. The summed E-state index contributed by atoms with van der Waals surface area (Å²) in [7, 11) is 2.25. The Morgan fingerprint density at radius 3 is 1.95 bits per heavy atom. The molecule has 0 spiro atoms. The minimum atomic E-state index is -3.70. The van der Waals surface area contributed by atoms with Crippen molar-refractivity contribution < 1.29 is 32.2 Å². The molecule has 0 unspecified atom stereocenters. The van der Waals surface area contributed by atoms with Crippen LogP contribution in [-0.4, -0.2) is 42.8 Å². The van der Waals surface area contributed by atoms with Gasteiger partial charge in [0.2, 0.25) is 0 Å². The number of carbonyl (C=O) groups is 1. The number of benzene rings is 3. The molecule has 8 nitrogen and oxygen atoms in total. The van der Waals surface area contributed by atoms with Gasteiger partial charge in [-0.25, -0.2) is 8.42 Å². The minimum Gasteiger partial charge on any atom is -0.496 e. The van der Waals surface area contributed by atoms with E-state index < -0.39 is 9.84 Å². The lowest BCUT2D eigenvalue weighted by Crippen LogP contribution is -2.13. The van der Waals surface area contributed by atoms with Gasteiger partial charge in [-0.05, 0) is 49.8 Å². The quantitative estimate of drug-likeness (QED) is 0.389. The van der Waals surface area contributed by atoms with Crippen molar-refractivity contribution in [3.8, 4) is 23.0 Å². The van der Waals surface area contributed by atoms with Gasteiger partial charge in [-0.1, -0.05) is 23.3 Å². The van der Waals surface area contributed by atoms with Gasteiger partial charge in [0.15, 0.2) is 9.84 Å². The Balaban J connectivity index is 1.87. The zero-order chi connectivity index (χ0) is 27.2. The van der Waals surface area contributed by atoms with Gasteiger partial charge in [0, 0.05) is 23.1 Å². The molecule has 0 heterocycles. The van der Waals surface area contributed by atoms with Crippen molar-refractivity contribution in [1.29, 1.82) is 0 Å². The molecule has 196 valence electrons. The van der Waals surface area contributed by atoms with E-state index in [0.717, 1.165) is 16.5 Å². The van der Waals surface area contributed by atoms with Crippen LogP contribution in [0.4, 0.5) is 5.69 Å². The summed E-state index contributed by atoms with van der Waals surface area (Å²) in [6, 6.07) is 13.7. The third-order valence-corrected chi connectivity index (χ3v) is 6.85. The molecule has 0 aliphatic heterocycles. The first-order chi connectivity index (χ1) is 17.6. The Morgan fingerprint density at radius 2 is 1.41 bits per heavy atom. The fourth-order valence-electron chi connectivity index (χ4n) is 3.89. The Kier molecular flexibility index (Phi) is 8.83. The third kappa shape index (κ3) is 7.04. The van der Waals surface area contributed by atoms with Gasteiger partial charge < -0.3 is 24.3 Å². The number of nitrogens with one attached hydrogen (secondary N) is 1. The van der Waals surface area contributed by atoms with Crippen molar-refractivity contribution in [3.05, 3.63) is 81.8 Å². The van der Waals surface area contributed by atoms with Crippen LogP contribution in [0.25, 0.3) is 6.08 Å². The highest BCUT2D eigenvalue weighted by molar-refractivity contribution is 7.93. The fraction of sp³-hybridized carbons (Fsp3) is 0.250. The number of aryl methyl sites for hydroxylation is 2. The molecule has 1 N–H and O–H groups in total. The van der Waals surface area contributed by atoms with Gasteiger partial charge in [-0.15, -0.1) is 0 Å². The Bertz CT molecular complexity index is 1380. The van der Waals surface area contributed by atoms with Crippen LogP contribution < -0.4 is 24.3 Å². The van der Waals surface area contributed by atoms with Gasteiger partial charge in [0.1, 0.15) is 23.0 Å². The van der Waals surface area contributed by atoms with E-state index in [2.05, 4.69) is 5.32 Å². The third-order valence-electron chi connectivity index (χ3n) is 5.56. The number of rotatable bonds is 10. The number of anilines is 1. The molecule has 9 heteroatoms. The SMILES string of the molecule is COc1cc(OC)c(/C=C/S(=O)(=O)Cc2ccc(OC)c(NC(=O)c3cc(C)cc(C)c3)c2)c(OC)c1. The Labute approximate surface area is 217 Å². The van der Waals surface area contributed by atoms with E-state index in [0.29, 0.717) is 45.4 Å². The van der Waals surface area contributed by atoms with Crippen LogP contribution in [0.3, 0.4) is 0 Å². The Morgan fingerprint density at radius 1 is 0.811 bits per heavy atom. The average molecular weight is 526 g/mol. The molecular formula is C28H31NO7S. The molecule has 0 radical (unpaired) electrons. The van der Waals surface area contributed by atoms with E-state index >= 15 is 0 Å². The van der Waals surface area contributed by atoms with E-state index in [1.165, 1.54) is 34.5 Å². The molecule has 3 aromatic carbocycles. The van der Waals surface area contributed by atoms with Gasteiger partial charge in [0.25, 0.3) is 5.91 Å². The summed E-state index contributed by atoms with van der Waals surface area (Å²) >= 11 is 0. The number of carbonyl (C=O) groups excluding carboxylic acids is 1. The van der Waals surface area contributed by atoms with Crippen LogP contribution in [0.5, 0.6) is 23.0 Å². The van der Waals surface area contributed by atoms with E-state index in [9.17, 15) is 13.2 Å². The highest BCUT2D eigenvalue weighted by Gasteiger charge is 2.16. The maximum Gasteiger partial charge on any atom is 0.255 e. The van der Waals surface area contributed by atoms with E-state index in [4.69, 9.17) is 18.9 Å². The fourth-order valence-corrected chi connectivity index (χ4v) is 4.98. The zero-order valence-electron chi connectivity index (χ0n) is 21.7. The first kappa shape index (κ1) is 27.6. The summed E-state index contributed by atoms with van der Waals surface area (Å²) < 4.78 is 47.3. The lowest BCUT2D eigenvalue weighted by atomic mass is 10.1. The molecule has 0 aliphatic carbocycles. The molecule has 0 atom stereocenters. The minimum absolute atomic E-state index is 0.291. The topological polar surface area (TPSA) is 100 Å². The standard InChI is InChI=1S/C28H31NO7S/c1-18-11-19(2)13-21(12-18)28(30)29-24-14-20(7-8-25(24)34-4)17-37(31,32)10-9-23-26(35-5)15-22(33-3)16-27(23)36-6/h7-16H,17H2,1-6H3,(H,29,30)/b10-9+. The van der Waals surface area contributed by atoms with Gasteiger partial charge in [0.05, 0.1) is 45.4 Å². The number of hydrogen-bond acceptors (Lipinski definition) is 7. The number of ether oxygens (including phenoxy) is 4. The van der Waals surface area contributed by atoms with Crippen LogP contribution in [0, 0.1) is 13.8 Å². The summed E-state index contributed by atoms with van der Waals surface area (Å²) in [5.41, 5.74) is 3.76. The summed E-state index contributed by atoms with van der Waals surface area (Å²) in [5.74, 6) is 1.14. The summed E-state index contributed by atoms with van der Waals surface area (Å²) in [6.45, 7) is 3.83. The normalized spacial score (nSPS) is 11.3. The highest BCUT2D eigenvalue weighted by Crippen LogP contribution is 2.35. The summed E-state index contributed by atoms with van der Waals surface area (Å²) in [6.07, 6.45) is 1.43. The maximum atomic E-state index is 13.0. The monoisotopic (exact) mass is 525 g/mol. The first-order valence-corrected chi connectivity index (χ1v) is 13.1. The molecule has 0 saturated carbocycles. The van der Waals surface area contributed by atoms with Gasteiger partial charge >= 0.3 is 0 Å². The van der Waals surface area contributed by atoms with Crippen LogP contribution >= 0.6 is 0 Å². The highest BCUT2D eigenvalue weighted by atomic mass is 32.2.